The molecule has 1 fully saturated rings. The van der Waals surface area contributed by atoms with Gasteiger partial charge >= 0.3 is 0 Å². The van der Waals surface area contributed by atoms with Gasteiger partial charge in [0.2, 0.25) is 5.91 Å². The number of carbonyl (C=O) groups excluding carboxylic acids is 2. The summed E-state index contributed by atoms with van der Waals surface area (Å²) in [5, 5.41) is 2.87. The number of aromatic nitrogens is 1. The van der Waals surface area contributed by atoms with Gasteiger partial charge in [0.1, 0.15) is 0 Å². The summed E-state index contributed by atoms with van der Waals surface area (Å²) in [5.74, 6) is -0.782. The second-order valence-corrected chi connectivity index (χ2v) is 5.49. The summed E-state index contributed by atoms with van der Waals surface area (Å²) in [6, 6.07) is 8.55. The maximum atomic E-state index is 12.4. The van der Waals surface area contributed by atoms with Crippen LogP contribution in [0.1, 0.15) is 33.6 Å². The van der Waals surface area contributed by atoms with Crippen molar-refractivity contribution in [2.24, 2.45) is 5.73 Å². The zero-order valence-electron chi connectivity index (χ0n) is 12.7. The maximum absolute atomic E-state index is 12.4. The van der Waals surface area contributed by atoms with E-state index in [9.17, 15) is 9.59 Å². The van der Waals surface area contributed by atoms with Crippen LogP contribution >= 0.6 is 0 Å². The lowest BCUT2D eigenvalue weighted by atomic mass is 10.1. The van der Waals surface area contributed by atoms with Gasteiger partial charge in [-0.3, -0.25) is 14.6 Å². The molecule has 2 aromatic rings. The van der Waals surface area contributed by atoms with Crippen LogP contribution in [0.25, 0.3) is 0 Å². The number of carbonyl (C=O) groups is 2. The Labute approximate surface area is 134 Å². The van der Waals surface area contributed by atoms with E-state index in [1.54, 1.807) is 30.5 Å². The van der Waals surface area contributed by atoms with Gasteiger partial charge in [-0.1, -0.05) is 0 Å². The summed E-state index contributed by atoms with van der Waals surface area (Å²) >= 11 is 0. The molecule has 2 heterocycles. The van der Waals surface area contributed by atoms with Crippen molar-refractivity contribution >= 4 is 23.2 Å². The van der Waals surface area contributed by atoms with Gasteiger partial charge in [-0.05, 0) is 43.2 Å². The molecule has 118 valence electrons. The largest absolute Gasteiger partial charge is 0.370 e. The molecule has 3 N–H and O–H groups in total. The fourth-order valence-corrected chi connectivity index (χ4v) is 2.71. The van der Waals surface area contributed by atoms with E-state index in [4.69, 9.17) is 5.73 Å². The first-order chi connectivity index (χ1) is 11.1. The average Bonchev–Trinajstić information content (AvgIpc) is 3.09. The third kappa shape index (κ3) is 3.31. The third-order valence-electron chi connectivity index (χ3n) is 3.90. The number of primary amides is 1. The molecule has 1 saturated heterocycles. The molecule has 1 aliphatic rings. The topological polar surface area (TPSA) is 88.3 Å². The van der Waals surface area contributed by atoms with Crippen molar-refractivity contribution in [2.45, 2.75) is 12.8 Å². The Morgan fingerprint density at radius 3 is 2.57 bits per heavy atom. The van der Waals surface area contributed by atoms with Crippen LogP contribution < -0.4 is 16.0 Å². The molecule has 2 amide bonds. The molecule has 3 rings (SSSR count). The van der Waals surface area contributed by atoms with Gasteiger partial charge in [0, 0.05) is 31.0 Å². The van der Waals surface area contributed by atoms with E-state index in [-0.39, 0.29) is 5.91 Å². The van der Waals surface area contributed by atoms with Crippen molar-refractivity contribution in [3.8, 4) is 0 Å². The number of benzene rings is 1. The van der Waals surface area contributed by atoms with Crippen molar-refractivity contribution in [1.82, 2.24) is 4.98 Å². The predicted octanol–water partition coefficient (Wildman–Crippen LogP) is 2.03. The standard InChI is InChI=1S/C17H18N4O2/c18-16(22)12-5-6-15(21-8-1-2-9-21)14(10-12)20-17(23)13-4-3-7-19-11-13/h3-7,10-11H,1-2,8-9H2,(H2,18,22)(H,20,23). The van der Waals surface area contributed by atoms with Crippen molar-refractivity contribution in [1.29, 1.82) is 0 Å². The van der Waals surface area contributed by atoms with E-state index in [1.165, 1.54) is 6.20 Å². The van der Waals surface area contributed by atoms with Crippen LogP contribution in [0.3, 0.4) is 0 Å². The van der Waals surface area contributed by atoms with Gasteiger partial charge in [0.25, 0.3) is 5.91 Å². The molecular weight excluding hydrogens is 292 g/mol. The molecular formula is C17H18N4O2. The van der Waals surface area contributed by atoms with E-state index in [0.29, 0.717) is 16.8 Å². The first-order valence-electron chi connectivity index (χ1n) is 7.55. The summed E-state index contributed by atoms with van der Waals surface area (Å²) < 4.78 is 0. The van der Waals surface area contributed by atoms with Gasteiger partial charge in [-0.25, -0.2) is 0 Å². The lowest BCUT2D eigenvalue weighted by Crippen LogP contribution is -2.22. The van der Waals surface area contributed by atoms with E-state index in [0.717, 1.165) is 31.6 Å². The Hall–Kier alpha value is -2.89. The van der Waals surface area contributed by atoms with Crippen molar-refractivity contribution < 1.29 is 9.59 Å². The maximum Gasteiger partial charge on any atom is 0.257 e. The van der Waals surface area contributed by atoms with Gasteiger partial charge in [-0.15, -0.1) is 0 Å². The lowest BCUT2D eigenvalue weighted by Gasteiger charge is -2.22. The molecule has 1 aromatic heterocycles. The number of amides is 2. The minimum atomic E-state index is -0.519. The highest BCUT2D eigenvalue weighted by Gasteiger charge is 2.18. The molecule has 23 heavy (non-hydrogen) atoms. The Morgan fingerprint density at radius 1 is 1.13 bits per heavy atom. The first-order valence-corrected chi connectivity index (χ1v) is 7.55. The Bertz CT molecular complexity index is 725. The second-order valence-electron chi connectivity index (χ2n) is 5.49. The summed E-state index contributed by atoms with van der Waals surface area (Å²) in [5.41, 5.74) is 7.69. The van der Waals surface area contributed by atoms with E-state index in [2.05, 4.69) is 15.2 Å². The molecule has 1 aromatic carbocycles. The van der Waals surface area contributed by atoms with E-state index >= 15 is 0 Å². The van der Waals surface area contributed by atoms with Crippen LogP contribution in [0.5, 0.6) is 0 Å². The fraction of sp³-hybridized carbons (Fsp3) is 0.235. The summed E-state index contributed by atoms with van der Waals surface area (Å²) in [6.45, 7) is 1.87. The van der Waals surface area contributed by atoms with Crippen LogP contribution in [-0.2, 0) is 0 Å². The smallest absolute Gasteiger partial charge is 0.257 e. The average molecular weight is 310 g/mol. The van der Waals surface area contributed by atoms with Crippen molar-refractivity contribution in [2.75, 3.05) is 23.3 Å². The minimum Gasteiger partial charge on any atom is -0.370 e. The fourth-order valence-electron chi connectivity index (χ4n) is 2.71. The van der Waals surface area contributed by atoms with E-state index in [1.807, 2.05) is 6.07 Å². The number of nitrogens with two attached hydrogens (primary N) is 1. The number of hydrogen-bond donors (Lipinski definition) is 2. The summed E-state index contributed by atoms with van der Waals surface area (Å²) in [6.07, 6.45) is 5.35. The van der Waals surface area contributed by atoms with Crippen LogP contribution in [-0.4, -0.2) is 29.9 Å². The van der Waals surface area contributed by atoms with Crippen LogP contribution in [0, 0.1) is 0 Å². The number of hydrogen-bond acceptors (Lipinski definition) is 4. The Balaban J connectivity index is 1.92. The number of pyridine rings is 1. The first kappa shape index (κ1) is 15.0. The van der Waals surface area contributed by atoms with Crippen molar-refractivity contribution in [3.05, 3.63) is 53.9 Å². The molecule has 1 aliphatic heterocycles. The molecule has 6 heteroatoms. The number of nitrogens with one attached hydrogen (secondary N) is 1. The highest BCUT2D eigenvalue weighted by atomic mass is 16.2. The summed E-state index contributed by atoms with van der Waals surface area (Å²) in [7, 11) is 0. The molecule has 0 atom stereocenters. The Morgan fingerprint density at radius 2 is 1.91 bits per heavy atom. The monoisotopic (exact) mass is 310 g/mol. The summed E-state index contributed by atoms with van der Waals surface area (Å²) in [4.78, 5) is 29.9. The highest BCUT2D eigenvalue weighted by molar-refractivity contribution is 6.06. The predicted molar refractivity (Wildman–Crippen MR) is 88.6 cm³/mol. The van der Waals surface area contributed by atoms with Gasteiger partial charge in [-0.2, -0.15) is 0 Å². The second kappa shape index (κ2) is 6.48. The number of anilines is 2. The zero-order valence-corrected chi connectivity index (χ0v) is 12.7. The highest BCUT2D eigenvalue weighted by Crippen LogP contribution is 2.30. The molecule has 0 aliphatic carbocycles. The van der Waals surface area contributed by atoms with Crippen LogP contribution in [0.15, 0.2) is 42.7 Å². The van der Waals surface area contributed by atoms with Gasteiger partial charge in [0.15, 0.2) is 0 Å². The lowest BCUT2D eigenvalue weighted by molar-refractivity contribution is 0.0996. The van der Waals surface area contributed by atoms with Gasteiger partial charge < -0.3 is 16.0 Å². The number of rotatable bonds is 4. The van der Waals surface area contributed by atoms with Crippen LogP contribution in [0.2, 0.25) is 0 Å². The molecule has 0 radical (unpaired) electrons. The van der Waals surface area contributed by atoms with E-state index < -0.39 is 5.91 Å². The molecule has 6 nitrogen and oxygen atoms in total. The van der Waals surface area contributed by atoms with Crippen molar-refractivity contribution in [3.63, 3.8) is 0 Å². The molecule has 0 bridgehead atoms. The van der Waals surface area contributed by atoms with Crippen LogP contribution in [0.4, 0.5) is 11.4 Å². The third-order valence-corrected chi connectivity index (χ3v) is 3.90. The zero-order chi connectivity index (χ0) is 16.2. The number of nitrogens with zero attached hydrogens (tertiary/aromatic N) is 2. The SMILES string of the molecule is NC(=O)c1ccc(N2CCCC2)c(NC(=O)c2cccnc2)c1. The van der Waals surface area contributed by atoms with Gasteiger partial charge in [0.05, 0.1) is 16.9 Å². The Kier molecular flexibility index (Phi) is 4.23. The minimum absolute atomic E-state index is 0.264. The quantitative estimate of drug-likeness (QED) is 0.904. The molecule has 0 unspecified atom stereocenters. The normalized spacial score (nSPS) is 13.8. The molecule has 0 spiro atoms. The molecule has 0 saturated carbocycles.